The van der Waals surface area contributed by atoms with Crippen LogP contribution in [-0.2, 0) is 9.59 Å². The summed E-state index contributed by atoms with van der Waals surface area (Å²) in [5, 5.41) is 13.4. The van der Waals surface area contributed by atoms with Crippen LogP contribution >= 0.6 is 0 Å². The van der Waals surface area contributed by atoms with E-state index in [4.69, 9.17) is 5.11 Å². The predicted molar refractivity (Wildman–Crippen MR) is 66.1 cm³/mol. The zero-order valence-electron chi connectivity index (χ0n) is 11.0. The van der Waals surface area contributed by atoms with Crippen LogP contribution in [-0.4, -0.2) is 54.1 Å². The molecule has 0 saturated heterocycles. The third-order valence-corrected chi connectivity index (χ3v) is 2.51. The average molecular weight is 259 g/mol. The summed E-state index contributed by atoms with van der Waals surface area (Å²) in [7, 11) is 0. The highest BCUT2D eigenvalue weighted by Gasteiger charge is 2.13. The van der Waals surface area contributed by atoms with E-state index in [9.17, 15) is 14.4 Å². The molecule has 0 aromatic heterocycles. The van der Waals surface area contributed by atoms with E-state index in [1.165, 1.54) is 6.92 Å². The molecule has 18 heavy (non-hydrogen) atoms. The molecule has 0 aromatic rings. The largest absolute Gasteiger partial charge is 0.481 e. The number of likely N-dealkylation sites (N-methyl/N-ethyl adjacent to an activating group) is 1. The number of carboxylic acids is 1. The van der Waals surface area contributed by atoms with Crippen LogP contribution in [0.4, 0.5) is 4.79 Å². The number of hydrogen-bond acceptors (Lipinski definition) is 3. The van der Waals surface area contributed by atoms with Gasteiger partial charge in [-0.15, -0.1) is 0 Å². The smallest absolute Gasteiger partial charge is 0.315 e. The highest BCUT2D eigenvalue weighted by atomic mass is 16.4. The van der Waals surface area contributed by atoms with Crippen LogP contribution in [0.5, 0.6) is 0 Å². The van der Waals surface area contributed by atoms with E-state index in [1.54, 1.807) is 4.90 Å². The van der Waals surface area contributed by atoms with Gasteiger partial charge in [0.05, 0.1) is 12.5 Å². The molecule has 0 bridgehead atoms. The van der Waals surface area contributed by atoms with Gasteiger partial charge in [-0.1, -0.05) is 6.92 Å². The maximum atomic E-state index is 11.5. The van der Waals surface area contributed by atoms with Crippen LogP contribution in [0.2, 0.25) is 0 Å². The summed E-state index contributed by atoms with van der Waals surface area (Å²) >= 11 is 0. The van der Waals surface area contributed by atoms with Crippen molar-refractivity contribution < 1.29 is 19.5 Å². The lowest BCUT2D eigenvalue weighted by atomic mass is 10.2. The molecule has 0 saturated carbocycles. The van der Waals surface area contributed by atoms with Crippen molar-refractivity contribution in [1.82, 2.24) is 15.5 Å². The van der Waals surface area contributed by atoms with Gasteiger partial charge in [0.25, 0.3) is 0 Å². The molecular formula is C11H21N3O4. The number of carboxylic acid groups (broad SMARTS) is 1. The number of urea groups is 1. The summed E-state index contributed by atoms with van der Waals surface area (Å²) in [5.74, 6) is -1.80. The van der Waals surface area contributed by atoms with Crippen molar-refractivity contribution in [3.8, 4) is 0 Å². The molecule has 3 amide bonds. The molecule has 0 aromatic carbocycles. The van der Waals surface area contributed by atoms with Crippen molar-refractivity contribution in [2.24, 2.45) is 5.92 Å². The number of nitrogens with one attached hydrogen (secondary N) is 2. The Labute approximate surface area is 107 Å². The lowest BCUT2D eigenvalue weighted by molar-refractivity contribution is -0.140. The summed E-state index contributed by atoms with van der Waals surface area (Å²) in [6, 6.07) is -0.538. The second kappa shape index (κ2) is 8.32. The highest BCUT2D eigenvalue weighted by Crippen LogP contribution is 1.91. The Hall–Kier alpha value is -1.79. The van der Waals surface area contributed by atoms with Crippen LogP contribution in [0, 0.1) is 5.92 Å². The third-order valence-electron chi connectivity index (χ3n) is 2.51. The Morgan fingerprint density at radius 1 is 1.17 bits per heavy atom. The molecule has 0 aliphatic carbocycles. The van der Waals surface area contributed by atoms with Gasteiger partial charge in [0.15, 0.2) is 0 Å². The Morgan fingerprint density at radius 3 is 2.17 bits per heavy atom. The minimum atomic E-state index is -0.977. The molecular weight excluding hydrogens is 238 g/mol. The van der Waals surface area contributed by atoms with Crippen molar-refractivity contribution in [2.45, 2.75) is 20.8 Å². The summed E-state index contributed by atoms with van der Waals surface area (Å²) in [4.78, 5) is 34.9. The predicted octanol–water partition coefficient (Wildman–Crippen LogP) is -0.125. The number of amides is 3. The maximum Gasteiger partial charge on any atom is 0.315 e. The number of nitrogens with zero attached hydrogens (tertiary/aromatic N) is 1. The van der Waals surface area contributed by atoms with Crippen LogP contribution in [0.15, 0.2) is 0 Å². The zero-order chi connectivity index (χ0) is 14.1. The summed E-state index contributed by atoms with van der Waals surface area (Å²) in [5.41, 5.74) is 0. The molecule has 1 atom stereocenters. The van der Waals surface area contributed by atoms with E-state index >= 15 is 0 Å². The Morgan fingerprint density at radius 2 is 1.72 bits per heavy atom. The number of rotatable bonds is 7. The van der Waals surface area contributed by atoms with Gasteiger partial charge < -0.3 is 20.6 Å². The van der Waals surface area contributed by atoms with Crippen LogP contribution in [0.3, 0.4) is 0 Å². The van der Waals surface area contributed by atoms with E-state index in [0.29, 0.717) is 13.1 Å². The van der Waals surface area contributed by atoms with Gasteiger partial charge >= 0.3 is 12.0 Å². The first-order valence-corrected chi connectivity index (χ1v) is 5.94. The van der Waals surface area contributed by atoms with E-state index in [1.807, 2.05) is 13.8 Å². The van der Waals surface area contributed by atoms with E-state index in [0.717, 1.165) is 0 Å². The second-order valence-corrected chi connectivity index (χ2v) is 3.87. The second-order valence-electron chi connectivity index (χ2n) is 3.87. The molecule has 7 heteroatoms. The van der Waals surface area contributed by atoms with Gasteiger partial charge in [-0.3, -0.25) is 9.59 Å². The molecule has 0 aliphatic heterocycles. The van der Waals surface area contributed by atoms with Gasteiger partial charge in [0.1, 0.15) is 0 Å². The van der Waals surface area contributed by atoms with E-state index in [2.05, 4.69) is 10.6 Å². The quantitative estimate of drug-likeness (QED) is 0.593. The van der Waals surface area contributed by atoms with Crippen molar-refractivity contribution >= 4 is 17.9 Å². The van der Waals surface area contributed by atoms with E-state index < -0.39 is 17.9 Å². The number of hydrogen-bond donors (Lipinski definition) is 3. The highest BCUT2D eigenvalue weighted by molar-refractivity contribution is 5.84. The summed E-state index contributed by atoms with van der Waals surface area (Å²) in [6.07, 6.45) is 0. The van der Waals surface area contributed by atoms with Crippen molar-refractivity contribution in [3.05, 3.63) is 0 Å². The Balaban J connectivity index is 3.90. The number of carbonyl (C=O) groups is 3. The molecule has 0 heterocycles. The molecule has 0 aliphatic rings. The molecule has 0 fully saturated rings. The molecule has 0 rings (SSSR count). The topological polar surface area (TPSA) is 98.7 Å². The SMILES string of the molecule is CCN(CC)C(=O)CNC(=O)NCC(C)C(=O)O. The third kappa shape index (κ3) is 6.07. The summed E-state index contributed by atoms with van der Waals surface area (Å²) < 4.78 is 0. The fourth-order valence-electron chi connectivity index (χ4n) is 1.24. The van der Waals surface area contributed by atoms with Crippen LogP contribution in [0.1, 0.15) is 20.8 Å². The fourth-order valence-corrected chi connectivity index (χ4v) is 1.24. The van der Waals surface area contributed by atoms with Crippen molar-refractivity contribution in [3.63, 3.8) is 0 Å². The monoisotopic (exact) mass is 259 g/mol. The summed E-state index contributed by atoms with van der Waals surface area (Å²) in [6.45, 7) is 6.33. The van der Waals surface area contributed by atoms with Crippen molar-refractivity contribution in [1.29, 1.82) is 0 Å². The molecule has 0 radical (unpaired) electrons. The van der Waals surface area contributed by atoms with Gasteiger partial charge in [-0.2, -0.15) is 0 Å². The lowest BCUT2D eigenvalue weighted by Gasteiger charge is -2.18. The minimum absolute atomic E-state index is 0.0284. The Kier molecular flexibility index (Phi) is 7.50. The maximum absolute atomic E-state index is 11.5. The fraction of sp³-hybridized carbons (Fsp3) is 0.727. The lowest BCUT2D eigenvalue weighted by Crippen LogP contribution is -2.45. The van der Waals surface area contributed by atoms with E-state index in [-0.39, 0.29) is 19.0 Å². The van der Waals surface area contributed by atoms with Gasteiger partial charge in [0, 0.05) is 19.6 Å². The molecule has 7 nitrogen and oxygen atoms in total. The van der Waals surface area contributed by atoms with Gasteiger partial charge in [-0.25, -0.2) is 4.79 Å². The normalized spacial score (nSPS) is 11.5. The first-order valence-electron chi connectivity index (χ1n) is 5.94. The van der Waals surface area contributed by atoms with Crippen LogP contribution in [0.25, 0.3) is 0 Å². The first-order chi connectivity index (χ1) is 8.42. The standard InChI is InChI=1S/C11H21N3O4/c1-4-14(5-2)9(15)7-13-11(18)12-6-8(3)10(16)17/h8H,4-7H2,1-3H3,(H,16,17)(H2,12,13,18). The Bertz CT molecular complexity index is 303. The molecule has 104 valence electrons. The minimum Gasteiger partial charge on any atom is -0.481 e. The van der Waals surface area contributed by atoms with Crippen molar-refractivity contribution in [2.75, 3.05) is 26.2 Å². The van der Waals surface area contributed by atoms with Crippen LogP contribution < -0.4 is 10.6 Å². The zero-order valence-corrected chi connectivity index (χ0v) is 11.0. The molecule has 1 unspecified atom stereocenters. The molecule has 3 N–H and O–H groups in total. The molecule has 0 spiro atoms. The first kappa shape index (κ1) is 16.2. The average Bonchev–Trinajstić information content (AvgIpc) is 2.34. The number of aliphatic carboxylic acids is 1. The number of carbonyl (C=O) groups excluding carboxylic acids is 2. The van der Waals surface area contributed by atoms with Gasteiger partial charge in [-0.05, 0) is 13.8 Å². The van der Waals surface area contributed by atoms with Gasteiger partial charge in [0.2, 0.25) is 5.91 Å².